The number of hydrogen-bond acceptors (Lipinski definition) is 2. The molecule has 0 radical (unpaired) electrons. The molecule has 0 bridgehead atoms. The third kappa shape index (κ3) is 4.52. The highest BCUT2D eigenvalue weighted by Gasteiger charge is 2.21. The minimum absolute atomic E-state index is 0.413. The Morgan fingerprint density at radius 1 is 1.05 bits per heavy atom. The average molecular weight is 276 g/mol. The number of aryl methyl sites for hydroxylation is 1. The molecule has 0 aliphatic carbocycles. The molecule has 2 rings (SSSR count). The summed E-state index contributed by atoms with van der Waals surface area (Å²) in [4.78, 5) is 0. The van der Waals surface area contributed by atoms with Gasteiger partial charge in [-0.1, -0.05) is 57.9 Å². The highest BCUT2D eigenvalue weighted by Crippen LogP contribution is 2.33. The minimum atomic E-state index is -0.427. The Balaban J connectivity index is 1.61. The Bertz CT molecular complexity index is 400. The van der Waals surface area contributed by atoms with Crippen LogP contribution in [0.1, 0.15) is 75.5 Å². The number of rotatable bonds is 9. The van der Waals surface area contributed by atoms with Crippen LogP contribution in [-0.2, 0) is 6.42 Å². The largest absolute Gasteiger partial charge is 0.490 e. The predicted molar refractivity (Wildman–Crippen MR) is 83.2 cm³/mol. The quantitative estimate of drug-likeness (QED) is 0.657. The molecule has 0 saturated heterocycles. The smallest absolute Gasteiger partial charge is 0.125 e. The first kappa shape index (κ1) is 15.4. The van der Waals surface area contributed by atoms with Gasteiger partial charge in [0.25, 0.3) is 0 Å². The Morgan fingerprint density at radius 2 is 1.75 bits per heavy atom. The molecule has 0 fully saturated rings. The molecule has 1 aliphatic rings. The van der Waals surface area contributed by atoms with Gasteiger partial charge in [0.05, 0.1) is 0 Å². The second kappa shape index (κ2) is 8.31. The summed E-state index contributed by atoms with van der Waals surface area (Å²) in [6.07, 6.45) is 11.5. The van der Waals surface area contributed by atoms with Gasteiger partial charge in [-0.25, -0.2) is 0 Å². The normalized spacial score (nSPS) is 17.0. The first-order chi connectivity index (χ1) is 9.81. The zero-order valence-corrected chi connectivity index (χ0v) is 12.7. The van der Waals surface area contributed by atoms with Gasteiger partial charge in [0, 0.05) is 5.56 Å². The van der Waals surface area contributed by atoms with Gasteiger partial charge in [0.15, 0.2) is 0 Å². The lowest BCUT2D eigenvalue weighted by molar-refractivity contribution is 0.140. The zero-order chi connectivity index (χ0) is 14.2. The van der Waals surface area contributed by atoms with Crippen LogP contribution in [0.2, 0.25) is 0 Å². The van der Waals surface area contributed by atoms with Crippen LogP contribution in [0.15, 0.2) is 18.2 Å². The molecule has 1 aromatic carbocycles. The van der Waals surface area contributed by atoms with Gasteiger partial charge in [-0.2, -0.15) is 0 Å². The fraction of sp³-hybridized carbons (Fsp3) is 0.667. The molecule has 20 heavy (non-hydrogen) atoms. The van der Waals surface area contributed by atoms with Crippen molar-refractivity contribution in [1.82, 2.24) is 0 Å². The van der Waals surface area contributed by atoms with E-state index in [9.17, 15) is 5.11 Å². The first-order valence-electron chi connectivity index (χ1n) is 8.25. The zero-order valence-electron chi connectivity index (χ0n) is 12.7. The summed E-state index contributed by atoms with van der Waals surface area (Å²) in [7, 11) is 0. The molecular formula is C18H28O2. The van der Waals surface area contributed by atoms with Crippen molar-refractivity contribution in [3.63, 3.8) is 0 Å². The molecular weight excluding hydrogens is 248 g/mol. The molecule has 1 aliphatic heterocycles. The van der Waals surface area contributed by atoms with Crippen molar-refractivity contribution in [2.24, 2.45) is 0 Å². The highest BCUT2D eigenvalue weighted by molar-refractivity contribution is 5.41. The number of aliphatic hydroxyl groups is 1. The topological polar surface area (TPSA) is 29.5 Å². The summed E-state index contributed by atoms with van der Waals surface area (Å²) in [6.45, 7) is 2.68. The number of aliphatic hydroxyl groups excluding tert-OH is 1. The van der Waals surface area contributed by atoms with E-state index < -0.39 is 6.10 Å². The van der Waals surface area contributed by atoms with Crippen molar-refractivity contribution in [2.75, 3.05) is 6.61 Å². The van der Waals surface area contributed by atoms with Crippen molar-refractivity contribution >= 4 is 0 Å². The van der Waals surface area contributed by atoms with E-state index in [2.05, 4.69) is 19.1 Å². The minimum Gasteiger partial charge on any atom is -0.490 e. The van der Waals surface area contributed by atoms with Gasteiger partial charge >= 0.3 is 0 Å². The molecule has 1 aromatic rings. The maximum Gasteiger partial charge on any atom is 0.125 e. The predicted octanol–water partition coefficient (Wildman–Crippen LogP) is 4.80. The fourth-order valence-electron chi connectivity index (χ4n) is 2.87. The van der Waals surface area contributed by atoms with Crippen molar-refractivity contribution in [3.05, 3.63) is 29.3 Å². The van der Waals surface area contributed by atoms with Gasteiger partial charge in [-0.05, 0) is 30.5 Å². The lowest BCUT2D eigenvalue weighted by Crippen LogP contribution is -1.97. The van der Waals surface area contributed by atoms with Gasteiger partial charge in [0.2, 0.25) is 0 Å². The number of unbranched alkanes of at least 4 members (excludes halogenated alkanes) is 7. The first-order valence-corrected chi connectivity index (χ1v) is 8.25. The summed E-state index contributed by atoms with van der Waals surface area (Å²) in [5.74, 6) is 0.858. The van der Waals surface area contributed by atoms with Crippen molar-refractivity contribution in [2.45, 2.75) is 70.8 Å². The van der Waals surface area contributed by atoms with Crippen LogP contribution in [0.25, 0.3) is 0 Å². The van der Waals surface area contributed by atoms with E-state index in [1.54, 1.807) is 0 Å². The third-order valence-electron chi connectivity index (χ3n) is 4.15. The molecule has 2 heteroatoms. The van der Waals surface area contributed by atoms with E-state index in [1.807, 2.05) is 6.07 Å². The molecule has 1 heterocycles. The van der Waals surface area contributed by atoms with Crippen molar-refractivity contribution in [3.8, 4) is 5.75 Å². The number of hydrogen-bond donors (Lipinski definition) is 1. The van der Waals surface area contributed by atoms with Gasteiger partial charge in [0.1, 0.15) is 18.5 Å². The number of benzene rings is 1. The van der Waals surface area contributed by atoms with E-state index in [1.165, 1.54) is 56.9 Å². The summed E-state index contributed by atoms with van der Waals surface area (Å²) >= 11 is 0. The standard InChI is InChI=1S/C18H28O2/c1-2-3-4-5-6-7-8-9-10-15-11-12-18-16(13-15)17(19)14-20-18/h11-13,17,19H,2-10,14H2,1H3. The third-order valence-corrected chi connectivity index (χ3v) is 4.15. The molecule has 0 spiro atoms. The summed E-state index contributed by atoms with van der Waals surface area (Å²) in [6, 6.07) is 6.26. The summed E-state index contributed by atoms with van der Waals surface area (Å²) < 4.78 is 5.41. The Labute approximate surface area is 123 Å². The van der Waals surface area contributed by atoms with Crippen LogP contribution in [0.3, 0.4) is 0 Å². The monoisotopic (exact) mass is 276 g/mol. The number of fused-ring (bicyclic) bond motifs is 1. The van der Waals surface area contributed by atoms with Crippen LogP contribution in [0.4, 0.5) is 0 Å². The van der Waals surface area contributed by atoms with E-state index in [4.69, 9.17) is 4.74 Å². The molecule has 0 amide bonds. The highest BCUT2D eigenvalue weighted by atomic mass is 16.5. The second-order valence-corrected chi connectivity index (χ2v) is 5.92. The van der Waals surface area contributed by atoms with Crippen LogP contribution in [0, 0.1) is 0 Å². The second-order valence-electron chi connectivity index (χ2n) is 5.92. The molecule has 0 aromatic heterocycles. The van der Waals surface area contributed by atoms with Gasteiger partial charge < -0.3 is 9.84 Å². The molecule has 0 saturated carbocycles. The van der Waals surface area contributed by atoms with Gasteiger partial charge in [-0.15, -0.1) is 0 Å². The van der Waals surface area contributed by atoms with Crippen LogP contribution in [0.5, 0.6) is 5.75 Å². The molecule has 1 N–H and O–H groups in total. The van der Waals surface area contributed by atoms with E-state index >= 15 is 0 Å². The number of ether oxygens (including phenoxy) is 1. The molecule has 1 unspecified atom stereocenters. The summed E-state index contributed by atoms with van der Waals surface area (Å²) in [5.41, 5.74) is 2.31. The lowest BCUT2D eigenvalue weighted by atomic mass is 10.0. The summed E-state index contributed by atoms with van der Waals surface area (Å²) in [5, 5.41) is 9.79. The van der Waals surface area contributed by atoms with Gasteiger partial charge in [-0.3, -0.25) is 0 Å². The van der Waals surface area contributed by atoms with Crippen LogP contribution < -0.4 is 4.74 Å². The lowest BCUT2D eigenvalue weighted by Gasteiger charge is -2.05. The molecule has 1 atom stereocenters. The Hall–Kier alpha value is -1.02. The average Bonchev–Trinajstić information content (AvgIpc) is 2.83. The fourth-order valence-corrected chi connectivity index (χ4v) is 2.87. The van der Waals surface area contributed by atoms with Crippen molar-refractivity contribution in [1.29, 1.82) is 0 Å². The van der Waals surface area contributed by atoms with Crippen LogP contribution in [-0.4, -0.2) is 11.7 Å². The Kier molecular flexibility index (Phi) is 6.38. The maximum atomic E-state index is 9.79. The van der Waals surface area contributed by atoms with E-state index in [0.29, 0.717) is 6.61 Å². The van der Waals surface area contributed by atoms with E-state index in [0.717, 1.165) is 17.7 Å². The SMILES string of the molecule is CCCCCCCCCCc1ccc2c(c1)C(O)CO2. The van der Waals surface area contributed by atoms with E-state index in [-0.39, 0.29) is 0 Å². The van der Waals surface area contributed by atoms with Crippen molar-refractivity contribution < 1.29 is 9.84 Å². The van der Waals surface area contributed by atoms with Crippen LogP contribution >= 0.6 is 0 Å². The molecule has 112 valence electrons. The maximum absolute atomic E-state index is 9.79. The molecule has 2 nitrogen and oxygen atoms in total. The Morgan fingerprint density at radius 3 is 2.50 bits per heavy atom.